The van der Waals surface area contributed by atoms with Crippen molar-refractivity contribution in [2.45, 2.75) is 57.5 Å². The number of hydrogen-bond acceptors (Lipinski definition) is 2. The summed E-state index contributed by atoms with van der Waals surface area (Å²) in [5.41, 5.74) is 6.03. The van der Waals surface area contributed by atoms with Gasteiger partial charge in [-0.1, -0.05) is 19.8 Å². The highest BCUT2D eigenvalue weighted by atomic mass is 15.2. The Balaban J connectivity index is 1.83. The lowest BCUT2D eigenvalue weighted by Crippen LogP contribution is -2.41. The number of likely N-dealkylation sites (tertiary alicyclic amines) is 1. The van der Waals surface area contributed by atoms with E-state index in [0.29, 0.717) is 6.04 Å². The van der Waals surface area contributed by atoms with Crippen molar-refractivity contribution in [1.82, 2.24) is 4.90 Å². The second-order valence-electron chi connectivity index (χ2n) is 5.14. The van der Waals surface area contributed by atoms with Gasteiger partial charge in [0.05, 0.1) is 0 Å². The summed E-state index contributed by atoms with van der Waals surface area (Å²) in [6, 6.07) is 1.30. The molecule has 0 aromatic heterocycles. The maximum atomic E-state index is 6.03. The summed E-state index contributed by atoms with van der Waals surface area (Å²) in [6.07, 6.45) is 8.01. The van der Waals surface area contributed by atoms with Crippen LogP contribution in [0.2, 0.25) is 0 Å². The van der Waals surface area contributed by atoms with Crippen LogP contribution in [0.5, 0.6) is 0 Å². The molecule has 1 saturated carbocycles. The number of nitrogens with zero attached hydrogens (tertiary/aromatic N) is 1. The highest BCUT2D eigenvalue weighted by molar-refractivity contribution is 4.86. The summed E-state index contributed by atoms with van der Waals surface area (Å²) in [7, 11) is 0. The Hall–Kier alpha value is -0.0800. The van der Waals surface area contributed by atoms with Crippen LogP contribution in [0, 0.1) is 5.92 Å². The van der Waals surface area contributed by atoms with Gasteiger partial charge in [-0.3, -0.25) is 0 Å². The molecule has 0 spiro atoms. The highest BCUT2D eigenvalue weighted by Gasteiger charge is 2.29. The van der Waals surface area contributed by atoms with Crippen LogP contribution < -0.4 is 5.73 Å². The van der Waals surface area contributed by atoms with Gasteiger partial charge < -0.3 is 10.6 Å². The molecule has 82 valence electrons. The average Bonchev–Trinajstić information content (AvgIpc) is 2.66. The molecule has 1 heterocycles. The van der Waals surface area contributed by atoms with E-state index in [4.69, 9.17) is 5.73 Å². The van der Waals surface area contributed by atoms with Crippen molar-refractivity contribution in [1.29, 1.82) is 0 Å². The van der Waals surface area contributed by atoms with Gasteiger partial charge in [0, 0.05) is 18.6 Å². The van der Waals surface area contributed by atoms with Gasteiger partial charge in [-0.05, 0) is 38.1 Å². The Kier molecular flexibility index (Phi) is 3.45. The van der Waals surface area contributed by atoms with E-state index in [1.54, 1.807) is 0 Å². The van der Waals surface area contributed by atoms with Crippen LogP contribution in [0.3, 0.4) is 0 Å². The standard InChI is InChI=1S/C12H24N2/c1-2-10-6-7-14(9-10)12-5-3-4-11(13)8-12/h10-12H,2-9,13H2,1H3. The fourth-order valence-electron chi connectivity index (χ4n) is 3.06. The van der Waals surface area contributed by atoms with Crippen LogP contribution >= 0.6 is 0 Å². The number of rotatable bonds is 2. The van der Waals surface area contributed by atoms with Crippen molar-refractivity contribution >= 4 is 0 Å². The molecule has 2 rings (SSSR count). The lowest BCUT2D eigenvalue weighted by Gasteiger charge is -2.34. The fourth-order valence-corrected chi connectivity index (χ4v) is 3.06. The molecule has 2 N–H and O–H groups in total. The third-order valence-electron chi connectivity index (χ3n) is 4.10. The van der Waals surface area contributed by atoms with E-state index in [2.05, 4.69) is 11.8 Å². The van der Waals surface area contributed by atoms with Crippen molar-refractivity contribution in [2.24, 2.45) is 11.7 Å². The molecule has 0 radical (unpaired) electrons. The molecule has 1 aliphatic carbocycles. The minimum atomic E-state index is 0.481. The first-order chi connectivity index (χ1) is 6.79. The molecule has 1 saturated heterocycles. The molecule has 2 nitrogen and oxygen atoms in total. The lowest BCUT2D eigenvalue weighted by atomic mass is 9.91. The first-order valence-electron chi connectivity index (χ1n) is 6.29. The summed E-state index contributed by atoms with van der Waals surface area (Å²) in [5.74, 6) is 0.966. The van der Waals surface area contributed by atoms with Crippen LogP contribution in [0.4, 0.5) is 0 Å². The molecule has 3 atom stereocenters. The minimum Gasteiger partial charge on any atom is -0.328 e. The molecule has 3 unspecified atom stereocenters. The van der Waals surface area contributed by atoms with Crippen molar-refractivity contribution in [3.8, 4) is 0 Å². The quantitative estimate of drug-likeness (QED) is 0.732. The SMILES string of the molecule is CCC1CCN(C2CCCC(N)C2)C1. The monoisotopic (exact) mass is 196 g/mol. The molecular formula is C12H24N2. The van der Waals surface area contributed by atoms with E-state index >= 15 is 0 Å². The Labute approximate surface area is 87.8 Å². The van der Waals surface area contributed by atoms with E-state index in [-0.39, 0.29) is 0 Å². The second kappa shape index (κ2) is 4.63. The minimum absolute atomic E-state index is 0.481. The van der Waals surface area contributed by atoms with Crippen LogP contribution in [-0.2, 0) is 0 Å². The summed E-state index contributed by atoms with van der Waals surface area (Å²) in [4.78, 5) is 2.70. The predicted octanol–water partition coefficient (Wildman–Crippen LogP) is 1.99. The number of hydrogen-bond donors (Lipinski definition) is 1. The van der Waals surface area contributed by atoms with Crippen molar-refractivity contribution in [3.05, 3.63) is 0 Å². The molecule has 0 amide bonds. The molecule has 2 aliphatic rings. The lowest BCUT2D eigenvalue weighted by molar-refractivity contribution is 0.174. The smallest absolute Gasteiger partial charge is 0.0110 e. The summed E-state index contributed by atoms with van der Waals surface area (Å²) in [5, 5.41) is 0. The fraction of sp³-hybridized carbons (Fsp3) is 1.00. The molecular weight excluding hydrogens is 172 g/mol. The first-order valence-corrected chi connectivity index (χ1v) is 6.29. The molecule has 0 bridgehead atoms. The van der Waals surface area contributed by atoms with Crippen LogP contribution in [0.15, 0.2) is 0 Å². The van der Waals surface area contributed by atoms with Gasteiger partial charge in [0.2, 0.25) is 0 Å². The molecule has 0 aromatic rings. The largest absolute Gasteiger partial charge is 0.328 e. The summed E-state index contributed by atoms with van der Waals surface area (Å²) < 4.78 is 0. The van der Waals surface area contributed by atoms with Gasteiger partial charge in [0.15, 0.2) is 0 Å². The number of nitrogens with two attached hydrogens (primary N) is 1. The van der Waals surface area contributed by atoms with Crippen LogP contribution in [-0.4, -0.2) is 30.1 Å². The van der Waals surface area contributed by atoms with E-state index < -0.39 is 0 Å². The topological polar surface area (TPSA) is 29.3 Å². The zero-order chi connectivity index (χ0) is 9.97. The second-order valence-corrected chi connectivity index (χ2v) is 5.14. The van der Waals surface area contributed by atoms with Crippen LogP contribution in [0.25, 0.3) is 0 Å². The van der Waals surface area contributed by atoms with Gasteiger partial charge in [-0.2, -0.15) is 0 Å². The maximum absolute atomic E-state index is 6.03. The van der Waals surface area contributed by atoms with Crippen molar-refractivity contribution in [2.75, 3.05) is 13.1 Å². The predicted molar refractivity (Wildman–Crippen MR) is 60.2 cm³/mol. The average molecular weight is 196 g/mol. The van der Waals surface area contributed by atoms with Crippen molar-refractivity contribution < 1.29 is 0 Å². The van der Waals surface area contributed by atoms with Gasteiger partial charge >= 0.3 is 0 Å². The summed E-state index contributed by atoms with van der Waals surface area (Å²) >= 11 is 0. The highest BCUT2D eigenvalue weighted by Crippen LogP contribution is 2.28. The Morgan fingerprint density at radius 1 is 1.29 bits per heavy atom. The van der Waals surface area contributed by atoms with Crippen molar-refractivity contribution in [3.63, 3.8) is 0 Å². The van der Waals surface area contributed by atoms with E-state index in [0.717, 1.165) is 12.0 Å². The third kappa shape index (κ3) is 2.29. The van der Waals surface area contributed by atoms with Gasteiger partial charge in [-0.25, -0.2) is 0 Å². The molecule has 1 aliphatic heterocycles. The van der Waals surface area contributed by atoms with Gasteiger partial charge in [0.1, 0.15) is 0 Å². The third-order valence-corrected chi connectivity index (χ3v) is 4.10. The first kappa shape index (κ1) is 10.4. The molecule has 2 heteroatoms. The molecule has 14 heavy (non-hydrogen) atoms. The van der Waals surface area contributed by atoms with Crippen LogP contribution in [0.1, 0.15) is 45.4 Å². The van der Waals surface area contributed by atoms with Gasteiger partial charge in [-0.15, -0.1) is 0 Å². The molecule has 2 fully saturated rings. The Morgan fingerprint density at radius 3 is 2.79 bits per heavy atom. The maximum Gasteiger partial charge on any atom is 0.0110 e. The van der Waals surface area contributed by atoms with Gasteiger partial charge in [0.25, 0.3) is 0 Å². The normalized spacial score (nSPS) is 40.3. The van der Waals surface area contributed by atoms with E-state index in [1.165, 1.54) is 51.6 Å². The van der Waals surface area contributed by atoms with E-state index in [1.807, 2.05) is 0 Å². The summed E-state index contributed by atoms with van der Waals surface area (Å²) in [6.45, 7) is 4.99. The van der Waals surface area contributed by atoms with E-state index in [9.17, 15) is 0 Å². The molecule has 0 aromatic carbocycles. The Bertz CT molecular complexity index is 181. The zero-order valence-electron chi connectivity index (χ0n) is 9.41. The Morgan fingerprint density at radius 2 is 2.14 bits per heavy atom. The zero-order valence-corrected chi connectivity index (χ0v) is 9.41.